The van der Waals surface area contributed by atoms with Gasteiger partial charge in [0.25, 0.3) is 0 Å². The molecule has 1 unspecified atom stereocenters. The fourth-order valence-electron chi connectivity index (χ4n) is 2.53. The predicted molar refractivity (Wildman–Crippen MR) is 90.8 cm³/mol. The molecule has 5 heteroatoms. The van der Waals surface area contributed by atoms with Crippen LogP contribution in [0.4, 0.5) is 0 Å². The van der Waals surface area contributed by atoms with Gasteiger partial charge in [-0.25, -0.2) is 4.98 Å². The number of nitrogens with zero attached hydrogens (tertiary/aromatic N) is 2. The smallest absolute Gasteiger partial charge is 0.193 e. The van der Waals surface area contributed by atoms with Crippen molar-refractivity contribution in [1.82, 2.24) is 9.38 Å². The highest BCUT2D eigenvalue weighted by molar-refractivity contribution is 9.09. The van der Waals surface area contributed by atoms with E-state index in [2.05, 4.69) is 55.2 Å². The third kappa shape index (κ3) is 3.30. The van der Waals surface area contributed by atoms with E-state index in [9.17, 15) is 0 Å². The molecule has 3 aromatic rings. The molecule has 21 heavy (non-hydrogen) atoms. The fraction of sp³-hybridized carbons (Fsp3) is 0.312. The summed E-state index contributed by atoms with van der Waals surface area (Å²) in [7, 11) is 1.73. The Morgan fingerprint density at radius 1 is 1.33 bits per heavy atom. The topological polar surface area (TPSA) is 26.5 Å². The van der Waals surface area contributed by atoms with Gasteiger partial charge in [-0.3, -0.25) is 4.40 Å². The van der Waals surface area contributed by atoms with Crippen molar-refractivity contribution in [2.24, 2.45) is 5.92 Å². The highest BCUT2D eigenvalue weighted by Gasteiger charge is 2.14. The molecule has 0 aliphatic heterocycles. The number of hydrogen-bond donors (Lipinski definition) is 0. The van der Waals surface area contributed by atoms with E-state index in [1.807, 2.05) is 12.1 Å². The summed E-state index contributed by atoms with van der Waals surface area (Å²) >= 11 is 5.31. The van der Waals surface area contributed by atoms with Gasteiger partial charge >= 0.3 is 0 Å². The van der Waals surface area contributed by atoms with Gasteiger partial charge in [0.15, 0.2) is 4.96 Å². The summed E-state index contributed by atoms with van der Waals surface area (Å²) in [5.41, 5.74) is 2.41. The SMILES string of the molecule is COc1ccccc1CC(CBr)Cc1cn2ccsc2n1. The summed E-state index contributed by atoms with van der Waals surface area (Å²) in [5.74, 6) is 1.47. The second-order valence-corrected chi connectivity index (χ2v) is 6.59. The van der Waals surface area contributed by atoms with Crippen LogP contribution in [0.2, 0.25) is 0 Å². The van der Waals surface area contributed by atoms with Crippen LogP contribution < -0.4 is 4.74 Å². The standard InChI is InChI=1S/C16H17BrN2OS/c1-20-15-5-3-2-4-13(15)8-12(10-17)9-14-11-19-6-7-21-16(19)18-14/h2-7,11-12H,8-10H2,1H3. The molecule has 0 aliphatic rings. The Bertz CT molecular complexity index is 693. The summed E-state index contributed by atoms with van der Waals surface area (Å²) < 4.78 is 7.53. The van der Waals surface area contributed by atoms with E-state index in [1.165, 1.54) is 5.56 Å². The minimum atomic E-state index is 0.505. The van der Waals surface area contributed by atoms with Gasteiger partial charge in [-0.1, -0.05) is 34.1 Å². The molecule has 0 radical (unpaired) electrons. The number of ether oxygens (including phenoxy) is 1. The number of benzene rings is 1. The van der Waals surface area contributed by atoms with Gasteiger partial charge in [-0.2, -0.15) is 0 Å². The number of halogens is 1. The van der Waals surface area contributed by atoms with Crippen LogP contribution in [0.5, 0.6) is 5.75 Å². The number of aromatic nitrogens is 2. The first-order valence-corrected chi connectivity index (χ1v) is 8.89. The minimum Gasteiger partial charge on any atom is -0.496 e. The van der Waals surface area contributed by atoms with Gasteiger partial charge in [0.1, 0.15) is 5.75 Å². The third-order valence-electron chi connectivity index (χ3n) is 3.56. The zero-order chi connectivity index (χ0) is 14.7. The number of imidazole rings is 1. The summed E-state index contributed by atoms with van der Waals surface area (Å²) in [6.45, 7) is 0. The van der Waals surface area contributed by atoms with Crippen molar-refractivity contribution >= 4 is 32.2 Å². The molecule has 3 rings (SSSR count). The Morgan fingerprint density at radius 2 is 2.19 bits per heavy atom. The lowest BCUT2D eigenvalue weighted by molar-refractivity contribution is 0.405. The monoisotopic (exact) mass is 364 g/mol. The number of alkyl halides is 1. The van der Waals surface area contributed by atoms with E-state index >= 15 is 0 Å². The van der Waals surface area contributed by atoms with Crippen molar-refractivity contribution < 1.29 is 4.74 Å². The molecule has 3 nitrogen and oxygen atoms in total. The maximum Gasteiger partial charge on any atom is 0.193 e. The van der Waals surface area contributed by atoms with Gasteiger partial charge in [0.2, 0.25) is 0 Å². The largest absolute Gasteiger partial charge is 0.496 e. The van der Waals surface area contributed by atoms with Crippen molar-refractivity contribution in [3.05, 3.63) is 53.3 Å². The molecule has 110 valence electrons. The number of hydrogen-bond acceptors (Lipinski definition) is 3. The van der Waals surface area contributed by atoms with Gasteiger partial charge in [0, 0.05) is 23.1 Å². The third-order valence-corrected chi connectivity index (χ3v) is 5.25. The molecular weight excluding hydrogens is 348 g/mol. The van der Waals surface area contributed by atoms with Crippen LogP contribution in [0.1, 0.15) is 11.3 Å². The second-order valence-electron chi connectivity index (χ2n) is 5.07. The van der Waals surface area contributed by atoms with Crippen LogP contribution in [0.15, 0.2) is 42.0 Å². The Labute approximate surface area is 136 Å². The number of thiazole rings is 1. The lowest BCUT2D eigenvalue weighted by atomic mass is 9.96. The van der Waals surface area contributed by atoms with Gasteiger partial charge in [0.05, 0.1) is 12.8 Å². The number of methoxy groups -OCH3 is 1. The molecule has 0 saturated heterocycles. The van der Waals surface area contributed by atoms with Crippen LogP contribution in [0, 0.1) is 5.92 Å². The van der Waals surface area contributed by atoms with Gasteiger partial charge in [-0.15, -0.1) is 11.3 Å². The van der Waals surface area contributed by atoms with Crippen LogP contribution in [-0.4, -0.2) is 21.8 Å². The summed E-state index contributed by atoms with van der Waals surface area (Å²) in [4.78, 5) is 5.74. The van der Waals surface area contributed by atoms with E-state index < -0.39 is 0 Å². The summed E-state index contributed by atoms with van der Waals surface area (Å²) in [5, 5.41) is 3.01. The summed E-state index contributed by atoms with van der Waals surface area (Å²) in [6.07, 6.45) is 6.14. The van der Waals surface area contributed by atoms with Crippen LogP contribution in [0.3, 0.4) is 0 Å². The van der Waals surface area contributed by atoms with Crippen molar-refractivity contribution in [3.63, 3.8) is 0 Å². The molecule has 1 atom stereocenters. The van der Waals surface area contributed by atoms with E-state index in [1.54, 1.807) is 18.4 Å². The Morgan fingerprint density at radius 3 is 2.95 bits per heavy atom. The molecule has 0 spiro atoms. The second kappa shape index (κ2) is 6.62. The van der Waals surface area contributed by atoms with E-state index in [4.69, 9.17) is 4.74 Å². The number of rotatable bonds is 6. The first kappa shape index (κ1) is 14.6. The predicted octanol–water partition coefficient (Wildman–Crippen LogP) is 4.20. The molecule has 0 saturated carbocycles. The molecule has 1 aromatic carbocycles. The minimum absolute atomic E-state index is 0.505. The summed E-state index contributed by atoms with van der Waals surface area (Å²) in [6, 6.07) is 8.23. The highest BCUT2D eigenvalue weighted by Crippen LogP contribution is 2.24. The Balaban J connectivity index is 1.74. The highest BCUT2D eigenvalue weighted by atomic mass is 79.9. The first-order chi connectivity index (χ1) is 10.3. The van der Waals surface area contributed by atoms with Crippen molar-refractivity contribution in [3.8, 4) is 5.75 Å². The maximum atomic E-state index is 5.44. The van der Waals surface area contributed by atoms with Crippen molar-refractivity contribution in [2.45, 2.75) is 12.8 Å². The Hall–Kier alpha value is -1.33. The number of para-hydroxylation sites is 1. The zero-order valence-corrected chi connectivity index (χ0v) is 14.2. The molecule has 0 fully saturated rings. The fourth-order valence-corrected chi connectivity index (χ4v) is 3.71. The number of fused-ring (bicyclic) bond motifs is 1. The molecule has 0 N–H and O–H groups in total. The van der Waals surface area contributed by atoms with E-state index in [0.29, 0.717) is 5.92 Å². The normalized spacial score (nSPS) is 12.7. The average Bonchev–Trinajstić information content (AvgIpc) is 3.08. The van der Waals surface area contributed by atoms with E-state index in [0.717, 1.165) is 34.6 Å². The molecule has 2 heterocycles. The molecule has 0 aliphatic carbocycles. The molecule has 2 aromatic heterocycles. The maximum absolute atomic E-state index is 5.44. The zero-order valence-electron chi connectivity index (χ0n) is 11.8. The molecule has 0 bridgehead atoms. The lowest BCUT2D eigenvalue weighted by Gasteiger charge is -2.15. The van der Waals surface area contributed by atoms with Crippen LogP contribution >= 0.6 is 27.3 Å². The van der Waals surface area contributed by atoms with Crippen LogP contribution in [0.25, 0.3) is 4.96 Å². The van der Waals surface area contributed by atoms with Gasteiger partial charge < -0.3 is 4.74 Å². The van der Waals surface area contributed by atoms with Crippen molar-refractivity contribution in [2.75, 3.05) is 12.4 Å². The average molecular weight is 365 g/mol. The van der Waals surface area contributed by atoms with Crippen LogP contribution in [-0.2, 0) is 12.8 Å². The quantitative estimate of drug-likeness (QED) is 0.612. The molecule has 0 amide bonds. The van der Waals surface area contributed by atoms with Gasteiger partial charge in [-0.05, 0) is 30.4 Å². The van der Waals surface area contributed by atoms with Crippen molar-refractivity contribution in [1.29, 1.82) is 0 Å². The van der Waals surface area contributed by atoms with E-state index in [-0.39, 0.29) is 0 Å². The first-order valence-electron chi connectivity index (χ1n) is 6.89. The Kier molecular flexibility index (Phi) is 4.60. The molecular formula is C16H17BrN2OS. The lowest BCUT2D eigenvalue weighted by Crippen LogP contribution is -2.11.